The van der Waals surface area contributed by atoms with Gasteiger partial charge >= 0.3 is 26.2 Å². The third-order valence-corrected chi connectivity index (χ3v) is 8.26. The molecule has 0 spiro atoms. The second kappa shape index (κ2) is 10.9. The molecule has 4 heteroatoms. The van der Waals surface area contributed by atoms with Crippen molar-refractivity contribution in [3.63, 3.8) is 0 Å². The number of halogens is 2. The third kappa shape index (κ3) is 4.65. The van der Waals surface area contributed by atoms with Crippen LogP contribution in [0, 0.1) is 12.8 Å². The van der Waals surface area contributed by atoms with Gasteiger partial charge in [-0.25, -0.2) is 0 Å². The SMILES string of the molecule is CC1=C(C)C(C)C(c2c(C)[cH-]c3ccc([Si](C)C)c(-c4ccccc4)c23)=C1C.[Cl-].[Cl-].[Zr+3]. The molecule has 160 valence electrons. The van der Waals surface area contributed by atoms with Crippen molar-refractivity contribution in [1.82, 2.24) is 0 Å². The zero-order valence-electron chi connectivity index (χ0n) is 19.5. The van der Waals surface area contributed by atoms with Gasteiger partial charge in [-0.2, -0.15) is 0 Å². The predicted octanol–water partition coefficient (Wildman–Crippen LogP) is 1.26. The maximum Gasteiger partial charge on any atom is 3.00 e. The van der Waals surface area contributed by atoms with Crippen molar-refractivity contribution in [3.05, 3.63) is 76.4 Å². The molecule has 3 aromatic carbocycles. The van der Waals surface area contributed by atoms with Crippen LogP contribution in [0.1, 0.15) is 38.8 Å². The van der Waals surface area contributed by atoms with E-state index < -0.39 is 8.80 Å². The van der Waals surface area contributed by atoms with Crippen LogP contribution in [0.15, 0.2) is 65.3 Å². The first-order valence-electron chi connectivity index (χ1n) is 10.3. The van der Waals surface area contributed by atoms with E-state index in [0.29, 0.717) is 5.92 Å². The van der Waals surface area contributed by atoms with Crippen LogP contribution in [-0.4, -0.2) is 8.80 Å². The molecule has 1 aliphatic rings. The first-order chi connectivity index (χ1) is 13.3. The molecular weight excluding hydrogens is 515 g/mol. The van der Waals surface area contributed by atoms with Crippen LogP contribution >= 0.6 is 0 Å². The number of aryl methyl sites for hydroxylation is 1. The summed E-state index contributed by atoms with van der Waals surface area (Å²) in [7, 11) is -0.584. The molecule has 1 atom stereocenters. The van der Waals surface area contributed by atoms with Gasteiger partial charge in [0, 0.05) is 0 Å². The maximum atomic E-state index is 2.41. The van der Waals surface area contributed by atoms with Crippen LogP contribution in [0.4, 0.5) is 0 Å². The topological polar surface area (TPSA) is 0 Å². The van der Waals surface area contributed by atoms with Crippen molar-refractivity contribution in [2.75, 3.05) is 0 Å². The molecule has 3 aromatic rings. The van der Waals surface area contributed by atoms with Gasteiger partial charge in [0.2, 0.25) is 0 Å². The van der Waals surface area contributed by atoms with Crippen molar-refractivity contribution in [1.29, 1.82) is 0 Å². The molecular formula is C27H30Cl2SiZr. The summed E-state index contributed by atoms with van der Waals surface area (Å²) in [5, 5.41) is 4.39. The Morgan fingerprint density at radius 1 is 0.806 bits per heavy atom. The summed E-state index contributed by atoms with van der Waals surface area (Å²) < 4.78 is 0. The number of benzene rings is 2. The third-order valence-electron chi connectivity index (χ3n) is 6.76. The van der Waals surface area contributed by atoms with Crippen LogP contribution in [0.3, 0.4) is 0 Å². The quantitative estimate of drug-likeness (QED) is 0.344. The van der Waals surface area contributed by atoms with Crippen LogP contribution in [-0.2, 0) is 26.2 Å². The fourth-order valence-electron chi connectivity index (χ4n) is 4.95. The maximum absolute atomic E-state index is 2.41. The predicted molar refractivity (Wildman–Crippen MR) is 127 cm³/mol. The molecule has 1 unspecified atom stereocenters. The Labute approximate surface area is 221 Å². The first kappa shape index (κ1) is 28.2. The smallest absolute Gasteiger partial charge is 1.00 e. The number of hydrogen-bond acceptors (Lipinski definition) is 0. The van der Waals surface area contributed by atoms with Crippen molar-refractivity contribution in [3.8, 4) is 11.1 Å². The molecule has 0 aromatic heterocycles. The zero-order valence-corrected chi connectivity index (χ0v) is 24.4. The van der Waals surface area contributed by atoms with Gasteiger partial charge in [-0.3, -0.25) is 0 Å². The fourth-order valence-corrected chi connectivity index (χ4v) is 6.13. The minimum absolute atomic E-state index is 0. The van der Waals surface area contributed by atoms with Gasteiger partial charge in [0.1, 0.15) is 0 Å². The second-order valence-corrected chi connectivity index (χ2v) is 11.1. The number of rotatable bonds is 3. The summed E-state index contributed by atoms with van der Waals surface area (Å²) >= 11 is 0. The largest absolute Gasteiger partial charge is 3.00 e. The van der Waals surface area contributed by atoms with Crippen LogP contribution < -0.4 is 30.0 Å². The van der Waals surface area contributed by atoms with Crippen LogP contribution in [0.25, 0.3) is 27.5 Å². The molecule has 0 N–H and O–H groups in total. The van der Waals surface area contributed by atoms with Crippen molar-refractivity contribution >= 4 is 30.3 Å². The summed E-state index contributed by atoms with van der Waals surface area (Å²) in [6, 6.07) is 18.2. The molecule has 0 fully saturated rings. The average Bonchev–Trinajstić information content (AvgIpc) is 3.10. The van der Waals surface area contributed by atoms with Crippen LogP contribution in [0.5, 0.6) is 0 Å². The molecule has 0 saturated carbocycles. The minimum Gasteiger partial charge on any atom is -1.00 e. The molecule has 1 aliphatic carbocycles. The van der Waals surface area contributed by atoms with E-state index in [2.05, 4.69) is 96.2 Å². The fraction of sp³-hybridized carbons (Fsp3) is 0.296. The number of hydrogen-bond donors (Lipinski definition) is 0. The standard InChI is InChI=1S/C27H30Si.2ClH.Zr/c1-16-15-22-13-14-23(28(6)7)26(21-11-9-8-10-12-21)27(22)24(16)25-19(4)17(2)18(3)20(25)5;;;/h8-15,19H,1-7H3;2*1H;/q-1;;;+3/p-2. The second-order valence-electron chi connectivity index (χ2n) is 8.59. The van der Waals surface area contributed by atoms with Gasteiger partial charge in [-0.05, 0) is 37.8 Å². The van der Waals surface area contributed by atoms with Gasteiger partial charge < -0.3 is 24.8 Å². The molecule has 0 amide bonds. The Hall–Kier alpha value is -0.790. The summed E-state index contributed by atoms with van der Waals surface area (Å²) in [5.74, 6) is 0.490. The molecule has 0 aliphatic heterocycles. The first-order valence-corrected chi connectivity index (χ1v) is 12.8. The average molecular weight is 545 g/mol. The Kier molecular flexibility index (Phi) is 9.92. The Bertz CT molecular complexity index is 1140. The van der Waals surface area contributed by atoms with Gasteiger partial charge in [-0.1, -0.05) is 84.7 Å². The van der Waals surface area contributed by atoms with E-state index in [-0.39, 0.29) is 51.0 Å². The van der Waals surface area contributed by atoms with Crippen molar-refractivity contribution < 1.29 is 51.0 Å². The van der Waals surface area contributed by atoms with Gasteiger partial charge in [0.15, 0.2) is 0 Å². The summed E-state index contributed by atoms with van der Waals surface area (Å²) in [6.07, 6.45) is 0. The van der Waals surface area contributed by atoms with E-state index in [0.717, 1.165) is 0 Å². The Balaban J connectivity index is 0.00000160. The van der Waals surface area contributed by atoms with E-state index in [9.17, 15) is 0 Å². The Morgan fingerprint density at radius 3 is 1.94 bits per heavy atom. The minimum atomic E-state index is -0.584. The molecule has 4 rings (SSSR count). The molecule has 0 bridgehead atoms. The summed E-state index contributed by atoms with van der Waals surface area (Å²) in [4.78, 5) is 0. The van der Waals surface area contributed by atoms with E-state index in [1.807, 2.05) is 0 Å². The zero-order chi connectivity index (χ0) is 20.2. The number of fused-ring (bicyclic) bond motifs is 1. The van der Waals surface area contributed by atoms with Crippen molar-refractivity contribution in [2.45, 2.75) is 47.7 Å². The van der Waals surface area contributed by atoms with Crippen molar-refractivity contribution in [2.24, 2.45) is 5.92 Å². The molecule has 0 nitrogen and oxygen atoms in total. The molecule has 2 radical (unpaired) electrons. The number of allylic oxidation sites excluding steroid dienone is 4. The van der Waals surface area contributed by atoms with E-state index in [1.165, 1.54) is 55.3 Å². The summed E-state index contributed by atoms with van der Waals surface area (Å²) in [5.41, 5.74) is 11.7. The summed E-state index contributed by atoms with van der Waals surface area (Å²) in [6.45, 7) is 16.4. The molecule has 31 heavy (non-hydrogen) atoms. The monoisotopic (exact) mass is 542 g/mol. The molecule has 0 heterocycles. The van der Waals surface area contributed by atoms with E-state index >= 15 is 0 Å². The van der Waals surface area contributed by atoms with E-state index in [1.54, 1.807) is 5.19 Å². The van der Waals surface area contributed by atoms with Gasteiger partial charge in [0.25, 0.3) is 0 Å². The Morgan fingerprint density at radius 2 is 1.42 bits per heavy atom. The van der Waals surface area contributed by atoms with Crippen LogP contribution in [0.2, 0.25) is 13.1 Å². The van der Waals surface area contributed by atoms with Gasteiger partial charge in [0.05, 0.1) is 8.80 Å². The van der Waals surface area contributed by atoms with Gasteiger partial charge in [-0.15, -0.1) is 40.1 Å². The van der Waals surface area contributed by atoms with E-state index in [4.69, 9.17) is 0 Å². The normalized spacial score (nSPS) is 15.8. The molecule has 0 saturated heterocycles.